The topological polar surface area (TPSA) is 63.3 Å². The van der Waals surface area contributed by atoms with Crippen molar-refractivity contribution in [1.82, 2.24) is 9.97 Å². The van der Waals surface area contributed by atoms with Crippen molar-refractivity contribution in [3.8, 4) is 11.1 Å². The highest BCUT2D eigenvalue weighted by Gasteiger charge is 2.15. The fourth-order valence-electron chi connectivity index (χ4n) is 2.98. The lowest BCUT2D eigenvalue weighted by Crippen LogP contribution is -3.06. The zero-order chi connectivity index (χ0) is 18.1. The number of fused-ring (bicyclic) bond motifs is 1. The molecule has 1 unspecified atom stereocenters. The lowest BCUT2D eigenvalue weighted by atomic mass is 10.1. The maximum atomic E-state index is 13.1. The summed E-state index contributed by atoms with van der Waals surface area (Å²) in [4.78, 5) is 22.0. The largest absolute Gasteiger partial charge is 0.463 e. The van der Waals surface area contributed by atoms with Crippen molar-refractivity contribution >= 4 is 21.6 Å². The summed E-state index contributed by atoms with van der Waals surface area (Å²) in [6, 6.07) is 9.91. The summed E-state index contributed by atoms with van der Waals surface area (Å²) in [6.07, 6.45) is 1.65. The fourth-order valence-corrected chi connectivity index (χ4v) is 3.94. The number of benzene rings is 1. The van der Waals surface area contributed by atoms with E-state index in [4.69, 9.17) is 4.42 Å². The molecule has 0 amide bonds. The van der Waals surface area contributed by atoms with E-state index >= 15 is 0 Å². The molecule has 1 aromatic carbocycles. The van der Waals surface area contributed by atoms with Gasteiger partial charge in [-0.15, -0.1) is 11.3 Å². The number of thiophene rings is 1. The van der Waals surface area contributed by atoms with Gasteiger partial charge >= 0.3 is 0 Å². The van der Waals surface area contributed by atoms with Gasteiger partial charge in [0.05, 0.1) is 18.7 Å². The van der Waals surface area contributed by atoms with Crippen LogP contribution in [0.4, 0.5) is 4.39 Å². The molecule has 1 atom stereocenters. The second-order valence-corrected chi connectivity index (χ2v) is 7.10. The summed E-state index contributed by atoms with van der Waals surface area (Å²) in [5, 5.41) is 2.44. The zero-order valence-corrected chi connectivity index (χ0v) is 14.9. The van der Waals surface area contributed by atoms with Crippen LogP contribution in [0.25, 0.3) is 21.3 Å². The van der Waals surface area contributed by atoms with Gasteiger partial charge in [-0.1, -0.05) is 12.1 Å². The van der Waals surface area contributed by atoms with Crippen LogP contribution in [-0.4, -0.2) is 17.0 Å². The molecule has 5 nitrogen and oxygen atoms in total. The number of rotatable bonds is 5. The number of aromatic amines is 1. The third-order valence-corrected chi connectivity index (χ3v) is 5.05. The molecular formula is C19H17FN3O2S+. The molecule has 0 aliphatic heterocycles. The molecule has 0 bridgehead atoms. The highest BCUT2D eigenvalue weighted by atomic mass is 32.1. The Labute approximate surface area is 152 Å². The first-order valence-corrected chi connectivity index (χ1v) is 9.08. The number of H-pyrrole nitrogens is 1. The summed E-state index contributed by atoms with van der Waals surface area (Å²) in [5.74, 6) is 1.23. The third-order valence-electron chi connectivity index (χ3n) is 4.17. The molecule has 0 fully saturated rings. The van der Waals surface area contributed by atoms with Crippen LogP contribution in [0.2, 0.25) is 0 Å². The van der Waals surface area contributed by atoms with Crippen LogP contribution in [0.15, 0.2) is 57.3 Å². The van der Waals surface area contributed by atoms with Gasteiger partial charge in [-0.05, 0) is 29.8 Å². The van der Waals surface area contributed by atoms with Gasteiger partial charge in [0, 0.05) is 10.9 Å². The molecule has 0 spiro atoms. The monoisotopic (exact) mass is 370 g/mol. The van der Waals surface area contributed by atoms with Gasteiger partial charge in [-0.3, -0.25) is 4.79 Å². The molecule has 7 heteroatoms. The Morgan fingerprint density at radius 2 is 2.04 bits per heavy atom. The summed E-state index contributed by atoms with van der Waals surface area (Å²) in [6.45, 7) is 1.29. The summed E-state index contributed by atoms with van der Waals surface area (Å²) >= 11 is 1.42. The predicted molar refractivity (Wildman–Crippen MR) is 98.6 cm³/mol. The number of aromatic nitrogens is 2. The van der Waals surface area contributed by atoms with Gasteiger partial charge in [-0.25, -0.2) is 9.37 Å². The molecule has 0 saturated carbocycles. The first-order chi connectivity index (χ1) is 12.6. The summed E-state index contributed by atoms with van der Waals surface area (Å²) in [5.41, 5.74) is 1.41. The highest BCUT2D eigenvalue weighted by molar-refractivity contribution is 7.17. The molecule has 132 valence electrons. The van der Waals surface area contributed by atoms with Gasteiger partial charge in [0.25, 0.3) is 5.56 Å². The summed E-state index contributed by atoms with van der Waals surface area (Å²) < 4.78 is 18.5. The standard InChI is InChI=1S/C19H16FN3O2S/c1-23(9-14-3-2-8-25-14)10-16-21-18(24)17-15(11-26-19(17)22-16)12-4-6-13(20)7-5-12/h2-8,11H,9-10H2,1H3,(H,21,22,24)/p+1. The van der Waals surface area contributed by atoms with Crippen molar-refractivity contribution in [2.24, 2.45) is 0 Å². The van der Waals surface area contributed by atoms with E-state index in [0.717, 1.165) is 21.8 Å². The smallest absolute Gasteiger partial charge is 0.260 e. The maximum Gasteiger partial charge on any atom is 0.260 e. The minimum atomic E-state index is -0.301. The minimum Gasteiger partial charge on any atom is -0.463 e. The van der Waals surface area contributed by atoms with Gasteiger partial charge in [0.15, 0.2) is 11.6 Å². The maximum absolute atomic E-state index is 13.1. The average molecular weight is 370 g/mol. The number of halogens is 1. The van der Waals surface area contributed by atoms with E-state index in [2.05, 4.69) is 9.97 Å². The van der Waals surface area contributed by atoms with Gasteiger partial charge in [-0.2, -0.15) is 0 Å². The Balaban J connectivity index is 1.63. The summed E-state index contributed by atoms with van der Waals surface area (Å²) in [7, 11) is 2.02. The van der Waals surface area contributed by atoms with Gasteiger partial charge in [0.1, 0.15) is 23.7 Å². The number of nitrogens with one attached hydrogen (secondary N) is 2. The number of hydrogen-bond acceptors (Lipinski definition) is 4. The molecule has 0 saturated heterocycles. The van der Waals surface area contributed by atoms with E-state index in [-0.39, 0.29) is 11.4 Å². The van der Waals surface area contributed by atoms with Crippen LogP contribution >= 0.6 is 11.3 Å². The van der Waals surface area contributed by atoms with E-state index in [1.54, 1.807) is 18.4 Å². The van der Waals surface area contributed by atoms with Crippen molar-refractivity contribution in [2.75, 3.05) is 7.05 Å². The zero-order valence-electron chi connectivity index (χ0n) is 14.1. The third kappa shape index (κ3) is 3.31. The van der Waals surface area contributed by atoms with Crippen molar-refractivity contribution < 1.29 is 13.7 Å². The van der Waals surface area contributed by atoms with Crippen LogP contribution in [0.1, 0.15) is 11.6 Å². The number of furan rings is 1. The lowest BCUT2D eigenvalue weighted by Gasteiger charge is -2.11. The van der Waals surface area contributed by atoms with Crippen LogP contribution in [-0.2, 0) is 13.1 Å². The fraction of sp³-hybridized carbons (Fsp3) is 0.158. The lowest BCUT2D eigenvalue weighted by molar-refractivity contribution is -0.909. The second-order valence-electron chi connectivity index (χ2n) is 6.24. The minimum absolute atomic E-state index is 0.170. The average Bonchev–Trinajstić information content (AvgIpc) is 3.25. The van der Waals surface area contributed by atoms with Crippen molar-refractivity contribution in [1.29, 1.82) is 0 Å². The van der Waals surface area contributed by atoms with Crippen LogP contribution in [0.3, 0.4) is 0 Å². The van der Waals surface area contributed by atoms with E-state index < -0.39 is 0 Å². The Morgan fingerprint density at radius 1 is 1.23 bits per heavy atom. The molecule has 4 aromatic rings. The first kappa shape index (κ1) is 16.7. The first-order valence-electron chi connectivity index (χ1n) is 8.20. The molecule has 0 aliphatic carbocycles. The van der Waals surface area contributed by atoms with Crippen molar-refractivity contribution in [3.63, 3.8) is 0 Å². The second kappa shape index (κ2) is 6.86. The molecule has 4 rings (SSSR count). The van der Waals surface area contributed by atoms with E-state index in [0.29, 0.717) is 29.1 Å². The number of hydrogen-bond donors (Lipinski definition) is 2. The molecule has 2 N–H and O–H groups in total. The molecule has 26 heavy (non-hydrogen) atoms. The molecule has 3 aromatic heterocycles. The Kier molecular flexibility index (Phi) is 4.40. The van der Waals surface area contributed by atoms with E-state index in [9.17, 15) is 9.18 Å². The van der Waals surface area contributed by atoms with Crippen molar-refractivity contribution in [3.05, 3.63) is 75.8 Å². The molecule has 3 heterocycles. The Bertz CT molecular complexity index is 1080. The normalized spacial score (nSPS) is 12.5. The van der Waals surface area contributed by atoms with E-state index in [1.807, 2.05) is 24.6 Å². The quantitative estimate of drug-likeness (QED) is 0.568. The van der Waals surface area contributed by atoms with Gasteiger partial charge in [0.2, 0.25) is 0 Å². The molecular weight excluding hydrogens is 353 g/mol. The van der Waals surface area contributed by atoms with E-state index in [1.165, 1.54) is 23.5 Å². The van der Waals surface area contributed by atoms with Crippen LogP contribution < -0.4 is 10.5 Å². The van der Waals surface area contributed by atoms with Crippen molar-refractivity contribution in [2.45, 2.75) is 13.1 Å². The number of nitrogens with zero attached hydrogens (tertiary/aromatic N) is 1. The number of quaternary nitrogens is 1. The SMILES string of the molecule is C[NH+](Cc1nc2scc(-c3ccc(F)cc3)c2c(=O)[nH]1)Cc1ccco1. The Hall–Kier alpha value is -2.77. The molecule has 0 aliphatic rings. The molecule has 0 radical (unpaired) electrons. The van der Waals surface area contributed by atoms with Crippen LogP contribution in [0, 0.1) is 5.82 Å². The Morgan fingerprint density at radius 3 is 2.77 bits per heavy atom. The highest BCUT2D eigenvalue weighted by Crippen LogP contribution is 2.30. The van der Waals surface area contributed by atoms with Gasteiger partial charge < -0.3 is 14.3 Å². The van der Waals surface area contributed by atoms with Crippen LogP contribution in [0.5, 0.6) is 0 Å². The predicted octanol–water partition coefficient (Wildman–Crippen LogP) is 2.60.